The number of carbonyl (C=O) groups excluding carboxylic acids is 2. The lowest BCUT2D eigenvalue weighted by Crippen LogP contribution is -2.52. The van der Waals surface area contributed by atoms with Gasteiger partial charge in [-0.25, -0.2) is 8.42 Å². The molecule has 2 amide bonds. The van der Waals surface area contributed by atoms with Crippen LogP contribution >= 0.6 is 23.2 Å². The summed E-state index contributed by atoms with van der Waals surface area (Å²) in [6, 6.07) is 18.8. The van der Waals surface area contributed by atoms with E-state index >= 15 is 0 Å². The highest BCUT2D eigenvalue weighted by Gasteiger charge is 2.33. The van der Waals surface area contributed by atoms with Gasteiger partial charge >= 0.3 is 0 Å². The molecule has 0 saturated carbocycles. The van der Waals surface area contributed by atoms with Crippen LogP contribution in [-0.4, -0.2) is 43.8 Å². The van der Waals surface area contributed by atoms with Crippen molar-refractivity contribution in [2.75, 3.05) is 10.8 Å². The minimum Gasteiger partial charge on any atom is -0.352 e. The summed E-state index contributed by atoms with van der Waals surface area (Å²) in [6.07, 6.45) is 0.727. The van der Waals surface area contributed by atoms with E-state index in [9.17, 15) is 18.0 Å². The molecule has 3 aromatic rings. The van der Waals surface area contributed by atoms with Crippen molar-refractivity contribution in [1.82, 2.24) is 10.2 Å². The average molecular weight is 591 g/mol. The molecule has 0 fully saturated rings. The van der Waals surface area contributed by atoms with E-state index < -0.39 is 28.5 Å². The van der Waals surface area contributed by atoms with E-state index in [1.54, 1.807) is 25.1 Å². The van der Waals surface area contributed by atoms with E-state index in [4.69, 9.17) is 23.2 Å². The smallest absolute Gasteiger partial charge is 0.264 e. The monoisotopic (exact) mass is 589 g/mol. The highest BCUT2D eigenvalue weighted by molar-refractivity contribution is 7.92. The Bertz CT molecular complexity index is 1420. The quantitative estimate of drug-likeness (QED) is 0.305. The van der Waals surface area contributed by atoms with Crippen LogP contribution in [0.25, 0.3) is 0 Å². The Labute approximate surface area is 240 Å². The number of nitrogens with one attached hydrogen (secondary N) is 1. The van der Waals surface area contributed by atoms with Crippen LogP contribution in [0.15, 0.2) is 77.7 Å². The summed E-state index contributed by atoms with van der Waals surface area (Å²) in [5, 5.41) is 3.32. The summed E-state index contributed by atoms with van der Waals surface area (Å²) >= 11 is 12.3. The van der Waals surface area contributed by atoms with Crippen LogP contribution in [0.3, 0.4) is 0 Å². The maximum Gasteiger partial charge on any atom is 0.264 e. The molecule has 0 aliphatic carbocycles. The molecule has 3 rings (SSSR count). The van der Waals surface area contributed by atoms with Crippen molar-refractivity contribution < 1.29 is 18.0 Å². The van der Waals surface area contributed by atoms with Crippen molar-refractivity contribution >= 4 is 50.7 Å². The lowest BCUT2D eigenvalue weighted by atomic mass is 10.1. The van der Waals surface area contributed by atoms with Crippen LogP contribution in [0.4, 0.5) is 5.69 Å². The molecular formula is C29H33Cl2N3O4S. The van der Waals surface area contributed by atoms with Gasteiger partial charge in [0.2, 0.25) is 11.8 Å². The number of hydrogen-bond donors (Lipinski definition) is 1. The minimum absolute atomic E-state index is 0.0110. The molecule has 7 nitrogen and oxygen atoms in total. The lowest BCUT2D eigenvalue weighted by molar-refractivity contribution is -0.139. The van der Waals surface area contributed by atoms with Gasteiger partial charge in [-0.2, -0.15) is 0 Å². The van der Waals surface area contributed by atoms with Gasteiger partial charge in [0.05, 0.1) is 20.6 Å². The van der Waals surface area contributed by atoms with Crippen molar-refractivity contribution in [3.63, 3.8) is 0 Å². The number of benzene rings is 3. The predicted octanol–water partition coefficient (Wildman–Crippen LogP) is 5.83. The zero-order chi connectivity index (χ0) is 28.7. The zero-order valence-corrected chi connectivity index (χ0v) is 24.7. The molecule has 0 spiro atoms. The van der Waals surface area contributed by atoms with Crippen LogP contribution in [-0.2, 0) is 26.2 Å². The normalized spacial score (nSPS) is 12.9. The molecule has 0 saturated heterocycles. The van der Waals surface area contributed by atoms with Crippen LogP contribution in [0.5, 0.6) is 0 Å². The second kappa shape index (κ2) is 13.3. The molecule has 3 aromatic carbocycles. The topological polar surface area (TPSA) is 86.8 Å². The third-order valence-corrected chi connectivity index (χ3v) is 9.10. The summed E-state index contributed by atoms with van der Waals surface area (Å²) in [6.45, 7) is 6.97. The first-order valence-electron chi connectivity index (χ1n) is 12.6. The molecule has 2 atom stereocenters. The van der Waals surface area contributed by atoms with Crippen molar-refractivity contribution in [3.8, 4) is 0 Å². The molecule has 0 aliphatic heterocycles. The fraction of sp³-hybridized carbons (Fsp3) is 0.310. The van der Waals surface area contributed by atoms with Gasteiger partial charge in [0.15, 0.2) is 0 Å². The van der Waals surface area contributed by atoms with Crippen molar-refractivity contribution in [2.24, 2.45) is 0 Å². The van der Waals surface area contributed by atoms with Gasteiger partial charge in [-0.05, 0) is 68.7 Å². The largest absolute Gasteiger partial charge is 0.352 e. The Kier molecular flexibility index (Phi) is 10.4. The first-order chi connectivity index (χ1) is 18.4. The molecule has 0 bridgehead atoms. The van der Waals surface area contributed by atoms with E-state index in [1.165, 1.54) is 35.2 Å². The van der Waals surface area contributed by atoms with Gasteiger partial charge in [0, 0.05) is 12.6 Å². The first-order valence-corrected chi connectivity index (χ1v) is 14.8. The number of nitrogens with zero attached hydrogens (tertiary/aromatic N) is 2. The average Bonchev–Trinajstić information content (AvgIpc) is 2.92. The number of halogens is 2. The summed E-state index contributed by atoms with van der Waals surface area (Å²) in [5.41, 5.74) is 1.97. The van der Waals surface area contributed by atoms with E-state index in [-0.39, 0.29) is 39.1 Å². The second-order valence-corrected chi connectivity index (χ2v) is 12.0. The third kappa shape index (κ3) is 7.53. The van der Waals surface area contributed by atoms with Gasteiger partial charge in [0.25, 0.3) is 10.0 Å². The maximum atomic E-state index is 14.0. The van der Waals surface area contributed by atoms with Gasteiger partial charge < -0.3 is 10.2 Å². The van der Waals surface area contributed by atoms with Gasteiger partial charge in [-0.1, -0.05) is 72.6 Å². The molecule has 0 aromatic heterocycles. The van der Waals surface area contributed by atoms with E-state index in [2.05, 4.69) is 5.32 Å². The third-order valence-electron chi connectivity index (χ3n) is 6.57. The van der Waals surface area contributed by atoms with E-state index in [0.717, 1.165) is 21.9 Å². The molecule has 1 N–H and O–H groups in total. The van der Waals surface area contributed by atoms with Crippen LogP contribution in [0.2, 0.25) is 10.0 Å². The number of sulfonamides is 1. The van der Waals surface area contributed by atoms with Crippen LogP contribution in [0.1, 0.15) is 38.3 Å². The van der Waals surface area contributed by atoms with E-state index in [1.807, 2.05) is 45.0 Å². The fourth-order valence-electron chi connectivity index (χ4n) is 3.91. The highest BCUT2D eigenvalue weighted by atomic mass is 35.5. The Balaban J connectivity index is 2.05. The van der Waals surface area contributed by atoms with E-state index in [0.29, 0.717) is 0 Å². The summed E-state index contributed by atoms with van der Waals surface area (Å²) in [7, 11) is -4.18. The molecule has 39 heavy (non-hydrogen) atoms. The van der Waals surface area contributed by atoms with Gasteiger partial charge in [-0.15, -0.1) is 0 Å². The molecule has 0 radical (unpaired) electrons. The Morgan fingerprint density at radius 3 is 2.18 bits per heavy atom. The Morgan fingerprint density at radius 2 is 1.56 bits per heavy atom. The minimum atomic E-state index is -4.18. The van der Waals surface area contributed by atoms with Crippen LogP contribution < -0.4 is 9.62 Å². The zero-order valence-electron chi connectivity index (χ0n) is 22.4. The predicted molar refractivity (Wildman–Crippen MR) is 157 cm³/mol. The summed E-state index contributed by atoms with van der Waals surface area (Å²) < 4.78 is 28.6. The molecule has 208 valence electrons. The molecule has 0 heterocycles. The van der Waals surface area contributed by atoms with Crippen LogP contribution in [0, 0.1) is 6.92 Å². The molecule has 0 aliphatic rings. The van der Waals surface area contributed by atoms with Crippen molar-refractivity contribution in [1.29, 1.82) is 0 Å². The highest BCUT2D eigenvalue weighted by Crippen LogP contribution is 2.31. The van der Waals surface area contributed by atoms with Crippen molar-refractivity contribution in [2.45, 2.75) is 57.6 Å². The molecular weight excluding hydrogens is 557 g/mol. The molecule has 10 heteroatoms. The summed E-state index contributed by atoms with van der Waals surface area (Å²) in [5.74, 6) is -0.867. The SMILES string of the molecule is CC[C@@H](C)NC(=O)[C@H](C)N(Cc1ccccc1C)C(=O)CN(c1ccc(Cl)c(Cl)c1)S(=O)(=O)c1ccccc1. The Hall–Kier alpha value is -3.07. The number of hydrogen-bond acceptors (Lipinski definition) is 4. The number of carbonyl (C=O) groups is 2. The van der Waals surface area contributed by atoms with Gasteiger partial charge in [0.1, 0.15) is 12.6 Å². The number of aryl methyl sites for hydroxylation is 1. The molecule has 0 unspecified atom stereocenters. The first kappa shape index (κ1) is 30.5. The number of amides is 2. The summed E-state index contributed by atoms with van der Waals surface area (Å²) in [4.78, 5) is 28.5. The lowest BCUT2D eigenvalue weighted by Gasteiger charge is -2.32. The Morgan fingerprint density at radius 1 is 0.923 bits per heavy atom. The van der Waals surface area contributed by atoms with Gasteiger partial charge in [-0.3, -0.25) is 13.9 Å². The maximum absolute atomic E-state index is 14.0. The number of anilines is 1. The number of rotatable bonds is 11. The fourth-order valence-corrected chi connectivity index (χ4v) is 5.63. The van der Waals surface area contributed by atoms with Crippen molar-refractivity contribution in [3.05, 3.63) is 94.0 Å². The second-order valence-electron chi connectivity index (χ2n) is 9.37. The standard InChI is InChI=1S/C29H33Cl2N3O4S/c1-5-21(3)32-29(36)22(4)33(18-23-12-10-9-11-20(23)2)28(35)19-34(24-15-16-26(30)27(31)17-24)39(37,38)25-13-7-6-8-14-25/h6-17,21-22H,5,18-19H2,1-4H3,(H,32,36)/t21-,22+/m1/s1.